The molecule has 3 heteroatoms. The van der Waals surface area contributed by atoms with Gasteiger partial charge in [-0.05, 0) is 30.9 Å². The van der Waals surface area contributed by atoms with Gasteiger partial charge in [0.05, 0.1) is 6.10 Å². The minimum atomic E-state index is 0.0627. The first-order valence-corrected chi connectivity index (χ1v) is 5.95. The quantitative estimate of drug-likeness (QED) is 0.843. The molecule has 0 radical (unpaired) electrons. The van der Waals surface area contributed by atoms with Crippen LogP contribution in [0, 0.1) is 12.8 Å². The molecule has 2 heterocycles. The highest BCUT2D eigenvalue weighted by molar-refractivity contribution is 5.13. The van der Waals surface area contributed by atoms with Crippen LogP contribution in [0.4, 0.5) is 0 Å². The van der Waals surface area contributed by atoms with E-state index in [0.29, 0.717) is 5.92 Å². The van der Waals surface area contributed by atoms with Gasteiger partial charge in [-0.3, -0.25) is 4.98 Å². The number of pyridine rings is 1. The monoisotopic (exact) mass is 220 g/mol. The molecule has 0 aliphatic carbocycles. The number of ether oxygens (including phenoxy) is 1. The van der Waals surface area contributed by atoms with E-state index in [1.54, 1.807) is 0 Å². The predicted molar refractivity (Wildman–Crippen MR) is 64.2 cm³/mol. The highest BCUT2D eigenvalue weighted by Crippen LogP contribution is 2.23. The third-order valence-corrected chi connectivity index (χ3v) is 3.28. The third-order valence-electron chi connectivity index (χ3n) is 3.28. The highest BCUT2D eigenvalue weighted by atomic mass is 16.5. The lowest BCUT2D eigenvalue weighted by atomic mass is 9.95. The van der Waals surface area contributed by atoms with Crippen LogP contribution < -0.4 is 5.73 Å². The number of hydrogen-bond acceptors (Lipinski definition) is 3. The van der Waals surface area contributed by atoms with E-state index in [1.807, 2.05) is 13.1 Å². The molecule has 0 bridgehead atoms. The van der Waals surface area contributed by atoms with E-state index in [1.165, 1.54) is 5.56 Å². The van der Waals surface area contributed by atoms with E-state index in [9.17, 15) is 0 Å². The Hall–Kier alpha value is -0.930. The Morgan fingerprint density at radius 2 is 2.38 bits per heavy atom. The summed E-state index contributed by atoms with van der Waals surface area (Å²) < 4.78 is 5.67. The standard InChI is InChI=1S/C13H20N2O/c1-9-3-4-11(15-8-9)7-12(14)13-10(2)5-6-16-13/h3-4,8,10,12-13H,5-7,14H2,1-2H3. The molecule has 3 atom stereocenters. The highest BCUT2D eigenvalue weighted by Gasteiger charge is 2.29. The molecule has 0 saturated carbocycles. The fourth-order valence-electron chi connectivity index (χ4n) is 2.24. The van der Waals surface area contributed by atoms with Crippen LogP contribution in [-0.2, 0) is 11.2 Å². The van der Waals surface area contributed by atoms with Crippen LogP contribution in [0.25, 0.3) is 0 Å². The Morgan fingerprint density at radius 3 is 2.94 bits per heavy atom. The predicted octanol–water partition coefficient (Wildman–Crippen LogP) is 1.68. The first kappa shape index (κ1) is 11.6. The van der Waals surface area contributed by atoms with E-state index in [2.05, 4.69) is 24.0 Å². The number of aromatic nitrogens is 1. The number of aryl methyl sites for hydroxylation is 1. The van der Waals surface area contributed by atoms with Crippen molar-refractivity contribution in [2.75, 3.05) is 6.61 Å². The van der Waals surface area contributed by atoms with Crippen LogP contribution in [0.15, 0.2) is 18.3 Å². The summed E-state index contributed by atoms with van der Waals surface area (Å²) in [4.78, 5) is 4.38. The fraction of sp³-hybridized carbons (Fsp3) is 0.615. The first-order valence-electron chi connectivity index (χ1n) is 5.95. The van der Waals surface area contributed by atoms with E-state index in [0.717, 1.165) is 25.1 Å². The zero-order valence-electron chi connectivity index (χ0n) is 10.0. The van der Waals surface area contributed by atoms with Gasteiger partial charge in [0.25, 0.3) is 0 Å². The average Bonchev–Trinajstić information content (AvgIpc) is 2.68. The second-order valence-electron chi connectivity index (χ2n) is 4.80. The molecular formula is C13H20N2O. The van der Waals surface area contributed by atoms with Crippen LogP contribution in [-0.4, -0.2) is 23.7 Å². The summed E-state index contributed by atoms with van der Waals surface area (Å²) >= 11 is 0. The molecule has 1 aliphatic heterocycles. The molecule has 1 saturated heterocycles. The second kappa shape index (κ2) is 4.93. The lowest BCUT2D eigenvalue weighted by Crippen LogP contribution is -2.39. The molecule has 0 aromatic carbocycles. The van der Waals surface area contributed by atoms with Crippen LogP contribution in [0.3, 0.4) is 0 Å². The van der Waals surface area contributed by atoms with E-state index >= 15 is 0 Å². The van der Waals surface area contributed by atoms with E-state index < -0.39 is 0 Å². The molecule has 2 rings (SSSR count). The largest absolute Gasteiger partial charge is 0.376 e. The minimum Gasteiger partial charge on any atom is -0.376 e. The van der Waals surface area contributed by atoms with Gasteiger partial charge >= 0.3 is 0 Å². The van der Waals surface area contributed by atoms with Crippen LogP contribution in [0.1, 0.15) is 24.6 Å². The molecule has 88 valence electrons. The molecule has 0 amide bonds. The Labute approximate surface area is 97.0 Å². The van der Waals surface area contributed by atoms with Gasteiger partial charge in [-0.2, -0.15) is 0 Å². The summed E-state index contributed by atoms with van der Waals surface area (Å²) in [5.74, 6) is 0.570. The summed E-state index contributed by atoms with van der Waals surface area (Å²) in [6.45, 7) is 5.10. The summed E-state index contributed by atoms with van der Waals surface area (Å²) in [6.07, 6.45) is 4.01. The average molecular weight is 220 g/mol. The Balaban J connectivity index is 1.96. The van der Waals surface area contributed by atoms with Crippen molar-refractivity contribution in [1.29, 1.82) is 0 Å². The maximum atomic E-state index is 6.17. The van der Waals surface area contributed by atoms with Crippen molar-refractivity contribution in [3.8, 4) is 0 Å². The molecule has 1 aromatic heterocycles. The number of hydrogen-bond donors (Lipinski definition) is 1. The Kier molecular flexibility index (Phi) is 3.56. The van der Waals surface area contributed by atoms with Crippen molar-refractivity contribution >= 4 is 0 Å². The zero-order chi connectivity index (χ0) is 11.5. The topological polar surface area (TPSA) is 48.1 Å². The molecule has 2 N–H and O–H groups in total. The van der Waals surface area contributed by atoms with Crippen LogP contribution >= 0.6 is 0 Å². The van der Waals surface area contributed by atoms with Gasteiger partial charge in [-0.15, -0.1) is 0 Å². The van der Waals surface area contributed by atoms with Crippen LogP contribution in [0.2, 0.25) is 0 Å². The van der Waals surface area contributed by atoms with Gasteiger partial charge in [-0.25, -0.2) is 0 Å². The molecule has 1 aromatic rings. The number of nitrogens with zero attached hydrogens (tertiary/aromatic N) is 1. The summed E-state index contributed by atoms with van der Waals surface area (Å²) in [6, 6.07) is 4.19. The van der Waals surface area contributed by atoms with Crippen molar-refractivity contribution in [2.24, 2.45) is 11.7 Å². The van der Waals surface area contributed by atoms with Gasteiger partial charge in [0, 0.05) is 31.0 Å². The molecule has 16 heavy (non-hydrogen) atoms. The number of rotatable bonds is 3. The fourth-order valence-corrected chi connectivity index (χ4v) is 2.24. The number of nitrogens with two attached hydrogens (primary N) is 1. The summed E-state index contributed by atoms with van der Waals surface area (Å²) in [5.41, 5.74) is 8.41. The van der Waals surface area contributed by atoms with Crippen molar-refractivity contribution in [1.82, 2.24) is 4.98 Å². The molecule has 1 aliphatic rings. The van der Waals surface area contributed by atoms with E-state index in [4.69, 9.17) is 10.5 Å². The van der Waals surface area contributed by atoms with Crippen LogP contribution in [0.5, 0.6) is 0 Å². The molecule has 1 fully saturated rings. The first-order chi connectivity index (χ1) is 7.66. The summed E-state index contributed by atoms with van der Waals surface area (Å²) in [7, 11) is 0. The van der Waals surface area contributed by atoms with E-state index in [-0.39, 0.29) is 12.1 Å². The maximum Gasteiger partial charge on any atom is 0.0756 e. The zero-order valence-corrected chi connectivity index (χ0v) is 10.0. The normalized spacial score (nSPS) is 26.9. The lowest BCUT2D eigenvalue weighted by Gasteiger charge is -2.22. The minimum absolute atomic E-state index is 0.0627. The van der Waals surface area contributed by atoms with Gasteiger partial charge in [0.15, 0.2) is 0 Å². The molecule has 3 unspecified atom stereocenters. The van der Waals surface area contributed by atoms with Gasteiger partial charge in [0.1, 0.15) is 0 Å². The van der Waals surface area contributed by atoms with Gasteiger partial charge in [0.2, 0.25) is 0 Å². The lowest BCUT2D eigenvalue weighted by molar-refractivity contribution is 0.0724. The Bertz CT molecular complexity index is 336. The smallest absolute Gasteiger partial charge is 0.0756 e. The molecule has 0 spiro atoms. The molecule has 3 nitrogen and oxygen atoms in total. The van der Waals surface area contributed by atoms with Crippen molar-refractivity contribution < 1.29 is 4.74 Å². The van der Waals surface area contributed by atoms with Gasteiger partial charge in [-0.1, -0.05) is 13.0 Å². The van der Waals surface area contributed by atoms with Gasteiger partial charge < -0.3 is 10.5 Å². The Morgan fingerprint density at radius 1 is 1.56 bits per heavy atom. The van der Waals surface area contributed by atoms with Crippen molar-refractivity contribution in [3.05, 3.63) is 29.6 Å². The maximum absolute atomic E-state index is 6.17. The molecular weight excluding hydrogens is 200 g/mol. The SMILES string of the molecule is Cc1ccc(CC(N)C2OCCC2C)nc1. The summed E-state index contributed by atoms with van der Waals surface area (Å²) in [5, 5.41) is 0. The third kappa shape index (κ3) is 2.60. The van der Waals surface area contributed by atoms with Crippen molar-refractivity contribution in [2.45, 2.75) is 38.8 Å². The second-order valence-corrected chi connectivity index (χ2v) is 4.80. The van der Waals surface area contributed by atoms with Crippen molar-refractivity contribution in [3.63, 3.8) is 0 Å².